The third-order valence-electron chi connectivity index (χ3n) is 13.0. The lowest BCUT2D eigenvalue weighted by Crippen LogP contribution is -2.27. The minimum absolute atomic E-state index is 0.0169. The molecule has 8 heterocycles. The Morgan fingerprint density at radius 3 is 1.52 bits per heavy atom. The predicted octanol–water partition coefficient (Wildman–Crippen LogP) is 8.34. The smallest absolute Gasteiger partial charge is 0.298 e. The van der Waals surface area contributed by atoms with E-state index in [2.05, 4.69) is 49.0 Å². The number of fused-ring (bicyclic) bond motifs is 2. The van der Waals surface area contributed by atoms with Crippen molar-refractivity contribution in [1.29, 1.82) is 0 Å². The first-order chi connectivity index (χ1) is 36.5. The van der Waals surface area contributed by atoms with Crippen LogP contribution in [0.4, 0.5) is 11.6 Å². The molecule has 2 N–H and O–H groups in total. The fourth-order valence-electron chi connectivity index (χ4n) is 9.43. The van der Waals surface area contributed by atoms with Gasteiger partial charge in [-0.2, -0.15) is 0 Å². The van der Waals surface area contributed by atoms with Gasteiger partial charge in [0, 0.05) is 72.7 Å². The minimum Gasteiger partial charge on any atom is -0.478 e. The number of nitrogens with one attached hydrogen (secondary N) is 2. The number of anilines is 2. The molecule has 75 heavy (non-hydrogen) atoms. The first-order valence-corrected chi connectivity index (χ1v) is 24.8. The molecule has 18 heteroatoms. The molecule has 2 aliphatic rings. The van der Waals surface area contributed by atoms with Gasteiger partial charge in [-0.05, 0) is 108 Å². The summed E-state index contributed by atoms with van der Waals surface area (Å²) in [4.78, 5) is 81.2. The standard InChI is InChI=1S/C29H28N6O3.C28H28N6O3/c1-4-8-24(36)34-16-14-22(18-34)28-33-26(27-19(3)31-17-25(35(27)28)38-5-2)20-10-12-21(13-11-20)29(37)32-23-9-6-7-15-30-23;1-4-23(35)33-15-13-21(17-33)27-32-25(26-18(3)30-16-24(34(26)27)37-5-2)19-9-11-20(12-10-19)28(36)31-22-8-6-7-14-29-22/h6-7,9-13,15,17,22H,5,14,16,18H2,1-3H3,(H,30,32,37);4,6-12,14,16,21H,1,5,13,15,17H2,2-3H3,(H,29,31,36)/t22-;21-/m11/s1. The topological polar surface area (TPSA) is 203 Å². The zero-order valence-corrected chi connectivity index (χ0v) is 42.4. The average molecular weight is 1010 g/mol. The summed E-state index contributed by atoms with van der Waals surface area (Å²) < 4.78 is 15.9. The van der Waals surface area contributed by atoms with Gasteiger partial charge in [0.2, 0.25) is 17.7 Å². The number of carbonyl (C=O) groups excluding carboxylic acids is 4. The van der Waals surface area contributed by atoms with Crippen molar-refractivity contribution in [2.24, 2.45) is 0 Å². The summed E-state index contributed by atoms with van der Waals surface area (Å²) in [6.45, 7) is 16.3. The Morgan fingerprint density at radius 1 is 0.653 bits per heavy atom. The highest BCUT2D eigenvalue weighted by Crippen LogP contribution is 2.38. The Labute approximate surface area is 433 Å². The van der Waals surface area contributed by atoms with Crippen molar-refractivity contribution >= 4 is 46.3 Å². The Balaban J connectivity index is 0.000000184. The Kier molecular flexibility index (Phi) is 15.3. The van der Waals surface area contributed by atoms with Gasteiger partial charge >= 0.3 is 0 Å². The van der Waals surface area contributed by atoms with Crippen LogP contribution in [0.3, 0.4) is 0 Å². The Morgan fingerprint density at radius 2 is 1.11 bits per heavy atom. The van der Waals surface area contributed by atoms with Crippen LogP contribution in [0.1, 0.15) is 89.2 Å². The summed E-state index contributed by atoms with van der Waals surface area (Å²) in [5, 5.41) is 5.60. The fraction of sp³-hybridized carbons (Fsp3) is 0.263. The molecule has 2 fully saturated rings. The zero-order valence-electron chi connectivity index (χ0n) is 42.4. The van der Waals surface area contributed by atoms with Crippen molar-refractivity contribution in [2.75, 3.05) is 50.0 Å². The van der Waals surface area contributed by atoms with E-state index in [1.165, 1.54) is 6.08 Å². The summed E-state index contributed by atoms with van der Waals surface area (Å²) in [7, 11) is 0. The maximum Gasteiger partial charge on any atom is 0.298 e. The van der Waals surface area contributed by atoms with Crippen LogP contribution >= 0.6 is 0 Å². The summed E-state index contributed by atoms with van der Waals surface area (Å²) in [5.41, 5.74) is 7.54. The molecule has 18 nitrogen and oxygen atoms in total. The van der Waals surface area contributed by atoms with Crippen molar-refractivity contribution in [3.63, 3.8) is 0 Å². The summed E-state index contributed by atoms with van der Waals surface area (Å²) in [6, 6.07) is 25.3. The van der Waals surface area contributed by atoms with Crippen molar-refractivity contribution in [3.8, 4) is 46.1 Å². The van der Waals surface area contributed by atoms with Gasteiger partial charge in [0.15, 0.2) is 0 Å². The molecule has 2 atom stereocenters. The van der Waals surface area contributed by atoms with E-state index in [0.29, 0.717) is 73.9 Å². The van der Waals surface area contributed by atoms with Gasteiger partial charge in [-0.3, -0.25) is 37.9 Å². The van der Waals surface area contributed by atoms with Crippen LogP contribution in [0, 0.1) is 25.7 Å². The second-order valence-electron chi connectivity index (χ2n) is 17.8. The molecule has 0 spiro atoms. The molecule has 2 saturated heterocycles. The van der Waals surface area contributed by atoms with Gasteiger partial charge < -0.3 is 29.9 Å². The van der Waals surface area contributed by atoms with Crippen LogP contribution in [-0.2, 0) is 9.59 Å². The number of nitrogens with zero attached hydrogens (tertiary/aromatic N) is 10. The number of amides is 4. The number of carbonyl (C=O) groups is 4. The maximum atomic E-state index is 12.7. The molecule has 10 rings (SSSR count). The molecule has 6 aromatic heterocycles. The molecule has 380 valence electrons. The van der Waals surface area contributed by atoms with Crippen LogP contribution in [0.2, 0.25) is 0 Å². The quantitative estimate of drug-likeness (QED) is 0.0827. The molecule has 2 aromatic carbocycles. The Bertz CT molecular complexity index is 3480. The van der Waals surface area contributed by atoms with E-state index in [1.54, 1.807) is 90.0 Å². The molecule has 0 aliphatic carbocycles. The molecule has 0 radical (unpaired) electrons. The average Bonchev–Trinajstić information content (AvgIpc) is 4.28. The fourth-order valence-corrected chi connectivity index (χ4v) is 9.43. The van der Waals surface area contributed by atoms with Crippen LogP contribution in [-0.4, -0.2) is 112 Å². The summed E-state index contributed by atoms with van der Waals surface area (Å²) >= 11 is 0. The summed E-state index contributed by atoms with van der Waals surface area (Å²) in [5.74, 6) is 8.50. The molecule has 0 bridgehead atoms. The normalized spacial score (nSPS) is 14.9. The second-order valence-corrected chi connectivity index (χ2v) is 17.8. The number of likely N-dealkylation sites (tertiary alicyclic amines) is 2. The van der Waals surface area contributed by atoms with Crippen LogP contribution in [0.15, 0.2) is 122 Å². The van der Waals surface area contributed by atoms with Gasteiger partial charge in [0.05, 0.1) is 59.4 Å². The third kappa shape index (κ3) is 10.8. The molecule has 2 aliphatic heterocycles. The molecular formula is C57H56N12O6. The number of benzene rings is 2. The molecule has 8 aromatic rings. The number of aromatic nitrogens is 8. The lowest BCUT2D eigenvalue weighted by atomic mass is 10.1. The number of aryl methyl sites for hydroxylation is 2. The zero-order chi connectivity index (χ0) is 52.6. The SMILES string of the molecule is C=CC(=O)N1CC[C@@H](c2nc(-c3ccc(C(=O)Nc4ccccn4)cc3)c3c(C)ncc(OCC)n23)C1.CC#CC(=O)N1CC[C@@H](c2nc(-c3ccc(C(=O)Nc4ccccn4)cc3)c3c(C)ncc(OCC)n23)C1. The van der Waals surface area contributed by atoms with Crippen molar-refractivity contribution in [3.05, 3.63) is 157 Å². The number of ether oxygens (including phenoxy) is 2. The van der Waals surface area contributed by atoms with Gasteiger partial charge in [0.1, 0.15) is 23.3 Å². The largest absolute Gasteiger partial charge is 0.478 e. The predicted molar refractivity (Wildman–Crippen MR) is 285 cm³/mol. The van der Waals surface area contributed by atoms with Gasteiger partial charge in [-0.1, -0.05) is 48.9 Å². The van der Waals surface area contributed by atoms with Crippen LogP contribution in [0.5, 0.6) is 11.8 Å². The van der Waals surface area contributed by atoms with Gasteiger partial charge in [-0.25, -0.2) is 19.9 Å². The summed E-state index contributed by atoms with van der Waals surface area (Å²) in [6.07, 6.45) is 9.60. The van der Waals surface area contributed by atoms with E-state index in [4.69, 9.17) is 19.4 Å². The van der Waals surface area contributed by atoms with Gasteiger partial charge in [0.25, 0.3) is 17.7 Å². The molecule has 0 saturated carbocycles. The first kappa shape index (κ1) is 50.7. The van der Waals surface area contributed by atoms with E-state index >= 15 is 0 Å². The van der Waals surface area contributed by atoms with E-state index in [9.17, 15) is 19.2 Å². The maximum absolute atomic E-state index is 12.7. The first-order valence-electron chi connectivity index (χ1n) is 24.8. The van der Waals surface area contributed by atoms with E-state index in [1.807, 2.05) is 72.9 Å². The molecular weight excluding hydrogens is 949 g/mol. The number of hydrogen-bond donors (Lipinski definition) is 2. The van der Waals surface area contributed by atoms with Gasteiger partial charge in [-0.15, -0.1) is 0 Å². The van der Waals surface area contributed by atoms with Crippen molar-refractivity contribution in [2.45, 2.75) is 59.3 Å². The highest BCUT2D eigenvalue weighted by molar-refractivity contribution is 6.05. The monoisotopic (exact) mass is 1000 g/mol. The number of imidazole rings is 2. The number of hydrogen-bond acceptors (Lipinski definition) is 12. The van der Waals surface area contributed by atoms with Crippen molar-refractivity contribution < 1.29 is 28.7 Å². The Hall–Kier alpha value is -9.24. The van der Waals surface area contributed by atoms with Crippen molar-refractivity contribution in [1.82, 2.24) is 48.5 Å². The van der Waals surface area contributed by atoms with Crippen LogP contribution < -0.4 is 20.1 Å². The number of rotatable bonds is 13. The number of pyridine rings is 2. The minimum atomic E-state index is -0.243. The highest BCUT2D eigenvalue weighted by atomic mass is 16.5. The van der Waals surface area contributed by atoms with E-state index in [0.717, 1.165) is 69.4 Å². The molecule has 4 amide bonds. The second kappa shape index (κ2) is 22.7. The molecule has 0 unspecified atom stereocenters. The lowest BCUT2D eigenvalue weighted by Gasteiger charge is -2.15. The highest BCUT2D eigenvalue weighted by Gasteiger charge is 2.34. The van der Waals surface area contributed by atoms with E-state index < -0.39 is 0 Å². The van der Waals surface area contributed by atoms with Crippen LogP contribution in [0.25, 0.3) is 33.5 Å². The third-order valence-corrected chi connectivity index (χ3v) is 13.0. The lowest BCUT2D eigenvalue weighted by molar-refractivity contribution is -0.125. The van der Waals surface area contributed by atoms with E-state index in [-0.39, 0.29) is 35.5 Å².